The molecule has 0 spiro atoms. The Kier molecular flexibility index (Phi) is 6.60. The molecule has 0 amide bonds. The molecule has 17 heavy (non-hydrogen) atoms. The number of rotatable bonds is 7. The number of nitrogens with one attached hydrogen (secondary N) is 1. The molecule has 2 nitrogen and oxygen atoms in total. The van der Waals surface area contributed by atoms with E-state index < -0.39 is 0 Å². The Labute approximate surface area is 105 Å². The maximum Gasteiger partial charge on any atom is 0.0587 e. The van der Waals surface area contributed by atoms with Crippen LogP contribution in [0.5, 0.6) is 0 Å². The molecule has 1 aromatic carbocycles. The molecule has 0 bridgehead atoms. The van der Waals surface area contributed by atoms with E-state index >= 15 is 0 Å². The van der Waals surface area contributed by atoms with Crippen LogP contribution in [0.15, 0.2) is 29.8 Å². The summed E-state index contributed by atoms with van der Waals surface area (Å²) in [6.45, 7) is 6.96. The minimum atomic E-state index is 0.765. The van der Waals surface area contributed by atoms with E-state index in [1.807, 2.05) is 0 Å². The third-order valence-electron chi connectivity index (χ3n) is 2.84. The second kappa shape index (κ2) is 8.04. The molecule has 1 N–H and O–H groups in total. The summed E-state index contributed by atoms with van der Waals surface area (Å²) in [5, 5.41) is 3.38. The number of hydrogen-bond donors (Lipinski definition) is 1. The van der Waals surface area contributed by atoms with Crippen LogP contribution in [0, 0.1) is 6.92 Å². The summed E-state index contributed by atoms with van der Waals surface area (Å²) in [6, 6.07) is 8.48. The van der Waals surface area contributed by atoms with E-state index in [-0.39, 0.29) is 0 Å². The number of benzene rings is 1. The maximum atomic E-state index is 5.01. The largest absolute Gasteiger partial charge is 0.383 e. The summed E-state index contributed by atoms with van der Waals surface area (Å²) in [7, 11) is 1.73. The fraction of sp³-hybridized carbons (Fsp3) is 0.467. The molecule has 0 aliphatic carbocycles. The highest BCUT2D eigenvalue weighted by atomic mass is 16.5. The lowest BCUT2D eigenvalue weighted by Gasteiger charge is -2.08. The van der Waals surface area contributed by atoms with E-state index in [4.69, 9.17) is 4.74 Å². The van der Waals surface area contributed by atoms with E-state index in [2.05, 4.69) is 49.5 Å². The van der Waals surface area contributed by atoms with Crippen molar-refractivity contribution in [1.29, 1.82) is 0 Å². The summed E-state index contributed by atoms with van der Waals surface area (Å²) in [5.74, 6) is 0. The van der Waals surface area contributed by atoms with Crippen LogP contribution >= 0.6 is 0 Å². The molecule has 0 unspecified atom stereocenters. The van der Waals surface area contributed by atoms with Crippen LogP contribution in [0.2, 0.25) is 0 Å². The van der Waals surface area contributed by atoms with Gasteiger partial charge >= 0.3 is 0 Å². The zero-order chi connectivity index (χ0) is 12.5. The number of ether oxygens (including phenoxy) is 1. The Bertz CT molecular complexity index is 358. The molecule has 2 heteroatoms. The topological polar surface area (TPSA) is 21.3 Å². The standard InChI is InChI=1S/C15H23NO/c1-4-14(12-16-9-10-17-3)11-15-8-6-5-7-13(15)2/h5-8,11,16H,4,9-10,12H2,1-3H3. The lowest BCUT2D eigenvalue weighted by molar-refractivity contribution is 0.200. The van der Waals surface area contributed by atoms with E-state index in [1.54, 1.807) is 7.11 Å². The normalized spacial score (nSPS) is 11.8. The Morgan fingerprint density at radius 3 is 2.76 bits per heavy atom. The molecule has 0 saturated carbocycles. The van der Waals surface area contributed by atoms with Crippen molar-refractivity contribution in [2.75, 3.05) is 26.8 Å². The predicted octanol–water partition coefficient (Wildman–Crippen LogP) is 3.02. The summed E-state index contributed by atoms with van der Waals surface area (Å²) in [6.07, 6.45) is 3.36. The van der Waals surface area contributed by atoms with Gasteiger partial charge in [-0.05, 0) is 24.5 Å². The molecule has 0 radical (unpaired) electrons. The summed E-state index contributed by atoms with van der Waals surface area (Å²) in [5.41, 5.74) is 4.07. The summed E-state index contributed by atoms with van der Waals surface area (Å²) in [4.78, 5) is 0. The van der Waals surface area contributed by atoms with Crippen molar-refractivity contribution in [1.82, 2.24) is 5.32 Å². The van der Waals surface area contributed by atoms with Crippen LogP contribution in [0.3, 0.4) is 0 Å². The first kappa shape index (κ1) is 13.9. The summed E-state index contributed by atoms with van der Waals surface area (Å²) < 4.78 is 5.01. The van der Waals surface area contributed by atoms with Gasteiger partial charge in [-0.3, -0.25) is 0 Å². The molecule has 0 heterocycles. The van der Waals surface area contributed by atoms with Crippen LogP contribution in [-0.2, 0) is 4.74 Å². The van der Waals surface area contributed by atoms with Crippen molar-refractivity contribution in [3.63, 3.8) is 0 Å². The quantitative estimate of drug-likeness (QED) is 0.731. The monoisotopic (exact) mass is 233 g/mol. The van der Waals surface area contributed by atoms with Gasteiger partial charge in [-0.25, -0.2) is 0 Å². The van der Waals surface area contributed by atoms with Crippen molar-refractivity contribution in [3.8, 4) is 0 Å². The van der Waals surface area contributed by atoms with Gasteiger partial charge in [0.05, 0.1) is 6.61 Å². The van der Waals surface area contributed by atoms with Crippen molar-refractivity contribution >= 4 is 6.08 Å². The average Bonchev–Trinajstić information content (AvgIpc) is 2.35. The smallest absolute Gasteiger partial charge is 0.0587 e. The van der Waals surface area contributed by atoms with Crippen LogP contribution < -0.4 is 5.32 Å². The summed E-state index contributed by atoms with van der Waals surface area (Å²) >= 11 is 0. The van der Waals surface area contributed by atoms with E-state index in [0.717, 1.165) is 26.1 Å². The molecule has 0 aromatic heterocycles. The zero-order valence-corrected chi connectivity index (χ0v) is 11.1. The second-order valence-electron chi connectivity index (χ2n) is 4.18. The minimum Gasteiger partial charge on any atom is -0.383 e. The fourth-order valence-electron chi connectivity index (χ4n) is 1.67. The van der Waals surface area contributed by atoms with Gasteiger partial charge in [-0.15, -0.1) is 0 Å². The van der Waals surface area contributed by atoms with Gasteiger partial charge < -0.3 is 10.1 Å². The number of aryl methyl sites for hydroxylation is 1. The van der Waals surface area contributed by atoms with E-state index in [1.165, 1.54) is 16.7 Å². The fourth-order valence-corrected chi connectivity index (χ4v) is 1.67. The number of hydrogen-bond acceptors (Lipinski definition) is 2. The Hall–Kier alpha value is -1.12. The predicted molar refractivity (Wildman–Crippen MR) is 74.2 cm³/mol. The highest BCUT2D eigenvalue weighted by molar-refractivity contribution is 5.56. The van der Waals surface area contributed by atoms with Gasteiger partial charge in [0.2, 0.25) is 0 Å². The van der Waals surface area contributed by atoms with Crippen LogP contribution in [0.4, 0.5) is 0 Å². The van der Waals surface area contributed by atoms with Gasteiger partial charge in [0.15, 0.2) is 0 Å². The maximum absolute atomic E-state index is 5.01. The van der Waals surface area contributed by atoms with Crippen molar-refractivity contribution in [3.05, 3.63) is 41.0 Å². The molecule has 0 atom stereocenters. The SMILES string of the molecule is CCC(=Cc1ccccc1C)CNCCOC. The molecule has 0 aliphatic rings. The van der Waals surface area contributed by atoms with Gasteiger partial charge in [-0.1, -0.05) is 42.8 Å². The first-order valence-electron chi connectivity index (χ1n) is 6.22. The Morgan fingerprint density at radius 1 is 1.35 bits per heavy atom. The van der Waals surface area contributed by atoms with Crippen LogP contribution in [0.1, 0.15) is 24.5 Å². The Balaban J connectivity index is 2.57. The molecule has 1 aromatic rings. The zero-order valence-electron chi connectivity index (χ0n) is 11.1. The molecule has 0 aliphatic heterocycles. The first-order valence-corrected chi connectivity index (χ1v) is 6.22. The number of methoxy groups -OCH3 is 1. The molecule has 1 rings (SSSR count). The van der Waals surface area contributed by atoms with Gasteiger partial charge in [-0.2, -0.15) is 0 Å². The third-order valence-corrected chi connectivity index (χ3v) is 2.84. The highest BCUT2D eigenvalue weighted by Crippen LogP contribution is 2.13. The molecular weight excluding hydrogens is 210 g/mol. The lowest BCUT2D eigenvalue weighted by atomic mass is 10.0. The molecule has 94 valence electrons. The van der Waals surface area contributed by atoms with Gasteiger partial charge in [0.25, 0.3) is 0 Å². The Morgan fingerprint density at radius 2 is 2.12 bits per heavy atom. The van der Waals surface area contributed by atoms with Crippen molar-refractivity contribution in [2.24, 2.45) is 0 Å². The van der Waals surface area contributed by atoms with Crippen molar-refractivity contribution < 1.29 is 4.74 Å². The van der Waals surface area contributed by atoms with E-state index in [0.29, 0.717) is 0 Å². The molecular formula is C15H23NO. The molecule has 0 fully saturated rings. The highest BCUT2D eigenvalue weighted by Gasteiger charge is 1.97. The van der Waals surface area contributed by atoms with Gasteiger partial charge in [0, 0.05) is 20.2 Å². The second-order valence-corrected chi connectivity index (χ2v) is 4.18. The van der Waals surface area contributed by atoms with Crippen molar-refractivity contribution in [2.45, 2.75) is 20.3 Å². The minimum absolute atomic E-state index is 0.765. The first-order chi connectivity index (χ1) is 8.27. The average molecular weight is 233 g/mol. The molecule has 0 saturated heterocycles. The van der Waals surface area contributed by atoms with Crippen LogP contribution in [-0.4, -0.2) is 26.8 Å². The van der Waals surface area contributed by atoms with Gasteiger partial charge in [0.1, 0.15) is 0 Å². The third kappa shape index (κ3) is 5.16. The van der Waals surface area contributed by atoms with E-state index in [9.17, 15) is 0 Å². The lowest BCUT2D eigenvalue weighted by Crippen LogP contribution is -2.21. The van der Waals surface area contributed by atoms with Crippen LogP contribution in [0.25, 0.3) is 6.08 Å².